The van der Waals surface area contributed by atoms with E-state index in [0.717, 1.165) is 32.5 Å². The topological polar surface area (TPSA) is 60.9 Å². The molecule has 5 nitrogen and oxygen atoms in total. The van der Waals surface area contributed by atoms with Crippen molar-refractivity contribution in [3.63, 3.8) is 0 Å². The zero-order chi connectivity index (χ0) is 13.7. The molecule has 0 aromatic heterocycles. The van der Waals surface area contributed by atoms with Crippen LogP contribution in [0, 0.1) is 5.92 Å². The Hall–Kier alpha value is -1.10. The van der Waals surface area contributed by atoms with Crippen molar-refractivity contribution in [1.29, 1.82) is 0 Å². The van der Waals surface area contributed by atoms with Crippen LogP contribution in [-0.2, 0) is 9.59 Å². The van der Waals surface area contributed by atoms with E-state index >= 15 is 0 Å². The summed E-state index contributed by atoms with van der Waals surface area (Å²) in [4.78, 5) is 26.9. The monoisotopic (exact) mass is 256 g/mol. The molecule has 0 bridgehead atoms. The van der Waals surface area contributed by atoms with Crippen LogP contribution in [-0.4, -0.2) is 59.5 Å². The molecular weight excluding hydrogens is 232 g/mol. The van der Waals surface area contributed by atoms with Gasteiger partial charge in [0.15, 0.2) is 0 Å². The molecule has 1 fully saturated rings. The van der Waals surface area contributed by atoms with Crippen molar-refractivity contribution in [3.05, 3.63) is 0 Å². The van der Waals surface area contributed by atoms with Gasteiger partial charge < -0.3 is 10.0 Å². The van der Waals surface area contributed by atoms with E-state index in [1.54, 1.807) is 0 Å². The van der Waals surface area contributed by atoms with Gasteiger partial charge in [-0.05, 0) is 25.8 Å². The molecule has 0 saturated carbocycles. The summed E-state index contributed by atoms with van der Waals surface area (Å²) in [5.41, 5.74) is 0. The minimum Gasteiger partial charge on any atom is -0.481 e. The first-order chi connectivity index (χ1) is 8.41. The van der Waals surface area contributed by atoms with Gasteiger partial charge in [0.05, 0.1) is 12.5 Å². The second kappa shape index (κ2) is 6.73. The predicted molar refractivity (Wildman–Crippen MR) is 69.3 cm³/mol. The van der Waals surface area contributed by atoms with Gasteiger partial charge in [-0.1, -0.05) is 13.8 Å². The summed E-state index contributed by atoms with van der Waals surface area (Å²) in [6.07, 6.45) is 1.78. The summed E-state index contributed by atoms with van der Waals surface area (Å²) in [6.45, 7) is 6.51. The van der Waals surface area contributed by atoms with Crippen molar-refractivity contribution in [1.82, 2.24) is 9.80 Å². The molecule has 0 aromatic carbocycles. The van der Waals surface area contributed by atoms with Gasteiger partial charge in [0.25, 0.3) is 0 Å². The fourth-order valence-electron chi connectivity index (χ4n) is 2.22. The molecule has 1 heterocycles. The minimum absolute atomic E-state index is 0.0296. The lowest BCUT2D eigenvalue weighted by molar-refractivity contribution is -0.144. The number of likely N-dealkylation sites (N-methyl/N-ethyl adjacent to an activating group) is 1. The van der Waals surface area contributed by atoms with E-state index in [1.807, 2.05) is 16.8 Å². The number of hydrogen-bond donors (Lipinski definition) is 1. The van der Waals surface area contributed by atoms with Gasteiger partial charge in [0.1, 0.15) is 0 Å². The van der Waals surface area contributed by atoms with Crippen molar-refractivity contribution in [2.24, 2.45) is 5.92 Å². The number of carboxylic acid groups (broad SMARTS) is 1. The Bertz CT molecular complexity index is 305. The van der Waals surface area contributed by atoms with E-state index < -0.39 is 12.0 Å². The molecule has 1 unspecified atom stereocenters. The lowest BCUT2D eigenvalue weighted by atomic mass is 10.1. The fourth-order valence-corrected chi connectivity index (χ4v) is 2.22. The Balaban J connectivity index is 2.69. The summed E-state index contributed by atoms with van der Waals surface area (Å²) in [5, 5.41) is 8.90. The molecule has 5 heteroatoms. The molecule has 1 amide bonds. The summed E-state index contributed by atoms with van der Waals surface area (Å²) >= 11 is 0. The van der Waals surface area contributed by atoms with Crippen LogP contribution in [0.2, 0.25) is 0 Å². The molecule has 0 spiro atoms. The molecule has 18 heavy (non-hydrogen) atoms. The van der Waals surface area contributed by atoms with Crippen LogP contribution < -0.4 is 0 Å². The molecule has 1 aliphatic rings. The van der Waals surface area contributed by atoms with E-state index in [9.17, 15) is 9.59 Å². The zero-order valence-electron chi connectivity index (χ0n) is 11.6. The van der Waals surface area contributed by atoms with Gasteiger partial charge in [-0.3, -0.25) is 14.5 Å². The summed E-state index contributed by atoms with van der Waals surface area (Å²) < 4.78 is 0. The van der Waals surface area contributed by atoms with Crippen LogP contribution in [0.3, 0.4) is 0 Å². The molecule has 1 N–H and O–H groups in total. The summed E-state index contributed by atoms with van der Waals surface area (Å²) in [5.74, 6) is -0.388. The largest absolute Gasteiger partial charge is 0.481 e. The van der Waals surface area contributed by atoms with Crippen LogP contribution in [0.5, 0.6) is 0 Å². The lowest BCUT2D eigenvalue weighted by Crippen LogP contribution is -2.45. The van der Waals surface area contributed by atoms with Gasteiger partial charge in [-0.15, -0.1) is 0 Å². The molecule has 1 saturated heterocycles. The highest BCUT2D eigenvalue weighted by atomic mass is 16.4. The highest BCUT2D eigenvalue weighted by Gasteiger charge is 2.32. The quantitative estimate of drug-likeness (QED) is 0.798. The third kappa shape index (κ3) is 4.29. The standard InChI is InChI=1S/C13H24N2O3/c1-10(2)5-8-15-7-4-6-14(3)11(13(15)18)9-12(16)17/h10-11H,4-9H2,1-3H3,(H,16,17). The Morgan fingerprint density at radius 1 is 1.44 bits per heavy atom. The Morgan fingerprint density at radius 2 is 2.11 bits per heavy atom. The van der Waals surface area contributed by atoms with Crippen LogP contribution in [0.25, 0.3) is 0 Å². The molecule has 104 valence electrons. The van der Waals surface area contributed by atoms with Gasteiger partial charge in [-0.25, -0.2) is 0 Å². The average Bonchev–Trinajstić information content (AvgIpc) is 2.39. The lowest BCUT2D eigenvalue weighted by Gasteiger charge is -2.27. The Kier molecular flexibility index (Phi) is 5.59. The minimum atomic E-state index is -0.911. The zero-order valence-corrected chi connectivity index (χ0v) is 11.6. The third-order valence-corrected chi connectivity index (χ3v) is 3.41. The van der Waals surface area contributed by atoms with E-state index in [2.05, 4.69) is 13.8 Å². The molecule has 1 aliphatic heterocycles. The summed E-state index contributed by atoms with van der Waals surface area (Å²) in [6, 6.07) is -0.503. The predicted octanol–water partition coefficient (Wildman–Crippen LogP) is 1.04. The third-order valence-electron chi connectivity index (χ3n) is 3.41. The number of carboxylic acids is 1. The molecule has 0 radical (unpaired) electrons. The van der Waals surface area contributed by atoms with E-state index in [1.165, 1.54) is 0 Å². The van der Waals surface area contributed by atoms with Gasteiger partial charge >= 0.3 is 5.97 Å². The first-order valence-corrected chi connectivity index (χ1v) is 6.62. The molecular formula is C13H24N2O3. The number of aliphatic carboxylic acids is 1. The van der Waals surface area contributed by atoms with Crippen molar-refractivity contribution in [3.8, 4) is 0 Å². The fraction of sp³-hybridized carbons (Fsp3) is 0.846. The Morgan fingerprint density at radius 3 is 2.67 bits per heavy atom. The van der Waals surface area contributed by atoms with Gasteiger partial charge in [0.2, 0.25) is 5.91 Å². The average molecular weight is 256 g/mol. The van der Waals surface area contributed by atoms with E-state index in [0.29, 0.717) is 5.92 Å². The van der Waals surface area contributed by atoms with Gasteiger partial charge in [0, 0.05) is 19.6 Å². The molecule has 1 atom stereocenters. The summed E-state index contributed by atoms with van der Waals surface area (Å²) in [7, 11) is 1.83. The van der Waals surface area contributed by atoms with Crippen LogP contribution in [0.1, 0.15) is 33.1 Å². The van der Waals surface area contributed by atoms with Crippen molar-refractivity contribution in [2.75, 3.05) is 26.7 Å². The number of rotatable bonds is 5. The maximum atomic E-state index is 12.3. The SMILES string of the molecule is CC(C)CCN1CCCN(C)C(CC(=O)O)C1=O. The van der Waals surface area contributed by atoms with Crippen LogP contribution >= 0.6 is 0 Å². The van der Waals surface area contributed by atoms with Crippen molar-refractivity contribution in [2.45, 2.75) is 39.2 Å². The maximum absolute atomic E-state index is 12.3. The first kappa shape index (κ1) is 15.0. The van der Waals surface area contributed by atoms with Crippen LogP contribution in [0.15, 0.2) is 0 Å². The number of hydrogen-bond acceptors (Lipinski definition) is 3. The van der Waals surface area contributed by atoms with Crippen LogP contribution in [0.4, 0.5) is 0 Å². The highest BCUT2D eigenvalue weighted by Crippen LogP contribution is 2.14. The first-order valence-electron chi connectivity index (χ1n) is 6.62. The van der Waals surface area contributed by atoms with Crippen molar-refractivity contribution >= 4 is 11.9 Å². The Labute approximate surface area is 109 Å². The second-order valence-corrected chi connectivity index (χ2v) is 5.46. The molecule has 0 aliphatic carbocycles. The van der Waals surface area contributed by atoms with Gasteiger partial charge in [-0.2, -0.15) is 0 Å². The molecule has 1 rings (SSSR count). The maximum Gasteiger partial charge on any atom is 0.305 e. The normalized spacial score (nSPS) is 22.3. The number of nitrogens with zero attached hydrogens (tertiary/aromatic N) is 2. The number of amides is 1. The van der Waals surface area contributed by atoms with E-state index in [4.69, 9.17) is 5.11 Å². The second-order valence-electron chi connectivity index (χ2n) is 5.46. The van der Waals surface area contributed by atoms with E-state index in [-0.39, 0.29) is 12.3 Å². The van der Waals surface area contributed by atoms with Crippen molar-refractivity contribution < 1.29 is 14.7 Å². The number of carbonyl (C=O) groups excluding carboxylic acids is 1. The number of carbonyl (C=O) groups is 2. The molecule has 0 aromatic rings. The smallest absolute Gasteiger partial charge is 0.305 e. The highest BCUT2D eigenvalue weighted by molar-refractivity contribution is 5.86.